The number of halogens is 2. The van der Waals surface area contributed by atoms with Gasteiger partial charge in [-0.3, -0.25) is 4.99 Å². The summed E-state index contributed by atoms with van der Waals surface area (Å²) in [5.41, 5.74) is 1.22. The van der Waals surface area contributed by atoms with Crippen LogP contribution >= 0.6 is 24.0 Å². The van der Waals surface area contributed by atoms with E-state index >= 15 is 0 Å². The van der Waals surface area contributed by atoms with Gasteiger partial charge in [0, 0.05) is 25.7 Å². The van der Waals surface area contributed by atoms with Crippen LogP contribution in [0.1, 0.15) is 30.9 Å². The summed E-state index contributed by atoms with van der Waals surface area (Å²) in [6.45, 7) is 3.26. The fourth-order valence-corrected chi connectivity index (χ4v) is 1.65. The number of hydrogen-bond donors (Lipinski definition) is 3. The zero-order valence-corrected chi connectivity index (χ0v) is 14.3. The van der Waals surface area contributed by atoms with Crippen molar-refractivity contribution < 1.29 is 9.50 Å². The number of aliphatic hydroxyl groups excluding tert-OH is 1. The molecular formula is C14H23FIN3O. The summed E-state index contributed by atoms with van der Waals surface area (Å²) in [7, 11) is 1.71. The van der Waals surface area contributed by atoms with Gasteiger partial charge in [0.2, 0.25) is 0 Å². The van der Waals surface area contributed by atoms with Crippen LogP contribution in [0.5, 0.6) is 0 Å². The minimum absolute atomic E-state index is 0. The van der Waals surface area contributed by atoms with E-state index in [2.05, 4.69) is 22.5 Å². The van der Waals surface area contributed by atoms with E-state index in [4.69, 9.17) is 5.11 Å². The number of unbranched alkanes of at least 4 members (excludes halogenated alkanes) is 1. The lowest BCUT2D eigenvalue weighted by Gasteiger charge is -2.12. The Labute approximate surface area is 136 Å². The Morgan fingerprint density at radius 1 is 1.35 bits per heavy atom. The third-order valence-electron chi connectivity index (χ3n) is 2.79. The van der Waals surface area contributed by atoms with Crippen LogP contribution in [-0.4, -0.2) is 24.7 Å². The maximum Gasteiger partial charge on any atom is 0.191 e. The molecule has 0 amide bonds. The molecule has 0 saturated carbocycles. The van der Waals surface area contributed by atoms with Crippen molar-refractivity contribution in [3.8, 4) is 0 Å². The van der Waals surface area contributed by atoms with Crippen molar-refractivity contribution in [2.75, 3.05) is 13.6 Å². The average Bonchev–Trinajstić information content (AvgIpc) is 2.44. The summed E-state index contributed by atoms with van der Waals surface area (Å²) in [4.78, 5) is 4.11. The van der Waals surface area contributed by atoms with Crippen molar-refractivity contribution in [1.82, 2.24) is 10.6 Å². The lowest BCUT2D eigenvalue weighted by atomic mass is 10.1. The van der Waals surface area contributed by atoms with Crippen LogP contribution in [0.15, 0.2) is 23.2 Å². The van der Waals surface area contributed by atoms with Crippen molar-refractivity contribution in [1.29, 1.82) is 0 Å². The zero-order chi connectivity index (χ0) is 14.1. The summed E-state index contributed by atoms with van der Waals surface area (Å²) >= 11 is 0. The van der Waals surface area contributed by atoms with Gasteiger partial charge in [-0.25, -0.2) is 4.39 Å². The smallest absolute Gasteiger partial charge is 0.191 e. The lowest BCUT2D eigenvalue weighted by Crippen LogP contribution is -2.37. The van der Waals surface area contributed by atoms with Gasteiger partial charge in [0.25, 0.3) is 0 Å². The third kappa shape index (κ3) is 6.51. The number of aliphatic imine (C=N–C) groups is 1. The lowest BCUT2D eigenvalue weighted by molar-refractivity contribution is 0.275. The summed E-state index contributed by atoms with van der Waals surface area (Å²) in [5, 5.41) is 15.4. The molecule has 0 aliphatic heterocycles. The van der Waals surface area contributed by atoms with Gasteiger partial charge in [-0.1, -0.05) is 19.4 Å². The molecule has 0 aliphatic carbocycles. The quantitative estimate of drug-likeness (QED) is 0.300. The van der Waals surface area contributed by atoms with Crippen LogP contribution in [0.25, 0.3) is 0 Å². The molecule has 20 heavy (non-hydrogen) atoms. The molecule has 0 aromatic heterocycles. The van der Waals surface area contributed by atoms with E-state index in [9.17, 15) is 4.39 Å². The molecule has 1 rings (SSSR count). The second-order valence-corrected chi connectivity index (χ2v) is 4.29. The molecule has 0 spiro atoms. The first-order valence-corrected chi connectivity index (χ1v) is 6.54. The number of hydrogen-bond acceptors (Lipinski definition) is 2. The zero-order valence-electron chi connectivity index (χ0n) is 11.9. The van der Waals surface area contributed by atoms with Gasteiger partial charge in [-0.15, -0.1) is 24.0 Å². The second kappa shape index (κ2) is 10.8. The molecular weight excluding hydrogens is 372 g/mol. The summed E-state index contributed by atoms with van der Waals surface area (Å²) < 4.78 is 13.2. The molecule has 0 radical (unpaired) electrons. The monoisotopic (exact) mass is 395 g/mol. The molecule has 0 fully saturated rings. The highest BCUT2D eigenvalue weighted by atomic mass is 127. The van der Waals surface area contributed by atoms with Gasteiger partial charge in [-0.05, 0) is 24.1 Å². The molecule has 6 heteroatoms. The Bertz CT molecular complexity index is 427. The molecule has 0 atom stereocenters. The molecule has 114 valence electrons. The van der Waals surface area contributed by atoms with Gasteiger partial charge >= 0.3 is 0 Å². The SMILES string of the molecule is CCCCNC(=NC)NCc1ccc(F)c(CO)c1.I. The Morgan fingerprint density at radius 3 is 2.70 bits per heavy atom. The number of benzene rings is 1. The molecule has 0 aliphatic rings. The number of aliphatic hydroxyl groups is 1. The third-order valence-corrected chi connectivity index (χ3v) is 2.79. The molecule has 1 aromatic carbocycles. The average molecular weight is 395 g/mol. The standard InChI is InChI=1S/C14H22FN3O.HI/c1-3-4-7-17-14(16-2)18-9-11-5-6-13(15)12(8-11)10-19;/h5-6,8,19H,3-4,7,9-10H2,1-2H3,(H2,16,17,18);1H. The van der Waals surface area contributed by atoms with Crippen LogP contribution in [-0.2, 0) is 13.2 Å². The summed E-state index contributed by atoms with van der Waals surface area (Å²) in [6, 6.07) is 4.72. The minimum atomic E-state index is -0.378. The van der Waals surface area contributed by atoms with Gasteiger partial charge in [0.1, 0.15) is 5.82 Å². The van der Waals surface area contributed by atoms with Crippen molar-refractivity contribution in [3.05, 3.63) is 35.1 Å². The molecule has 4 nitrogen and oxygen atoms in total. The van der Waals surface area contributed by atoms with Gasteiger partial charge < -0.3 is 15.7 Å². The predicted octanol–water partition coefficient (Wildman–Crippen LogP) is 2.40. The van der Waals surface area contributed by atoms with E-state index in [-0.39, 0.29) is 36.4 Å². The summed E-state index contributed by atoms with van der Waals surface area (Å²) in [6.07, 6.45) is 2.22. The normalized spacial score (nSPS) is 10.9. The number of nitrogens with one attached hydrogen (secondary N) is 2. The Balaban J connectivity index is 0.00000361. The van der Waals surface area contributed by atoms with Crippen molar-refractivity contribution in [2.24, 2.45) is 4.99 Å². The number of nitrogens with zero attached hydrogens (tertiary/aromatic N) is 1. The first-order valence-electron chi connectivity index (χ1n) is 6.54. The number of guanidine groups is 1. The van der Waals surface area contributed by atoms with Crippen LogP contribution in [0, 0.1) is 5.82 Å². The van der Waals surface area contributed by atoms with E-state index in [0.29, 0.717) is 12.1 Å². The van der Waals surface area contributed by atoms with Crippen molar-refractivity contribution in [3.63, 3.8) is 0 Å². The fraction of sp³-hybridized carbons (Fsp3) is 0.500. The van der Waals surface area contributed by atoms with Crippen LogP contribution in [0.4, 0.5) is 4.39 Å². The van der Waals surface area contributed by atoms with Crippen molar-refractivity contribution >= 4 is 29.9 Å². The molecule has 0 saturated heterocycles. The highest BCUT2D eigenvalue weighted by Gasteiger charge is 2.03. The molecule has 0 bridgehead atoms. The first kappa shape index (κ1) is 19.1. The highest BCUT2D eigenvalue weighted by Crippen LogP contribution is 2.10. The van der Waals surface area contributed by atoms with Gasteiger partial charge in [-0.2, -0.15) is 0 Å². The predicted molar refractivity (Wildman–Crippen MR) is 90.8 cm³/mol. The van der Waals surface area contributed by atoms with Crippen LogP contribution < -0.4 is 10.6 Å². The minimum Gasteiger partial charge on any atom is -0.392 e. The maximum absolute atomic E-state index is 13.2. The number of rotatable bonds is 6. The van der Waals surface area contributed by atoms with E-state index in [1.807, 2.05) is 0 Å². The maximum atomic E-state index is 13.2. The Morgan fingerprint density at radius 2 is 2.10 bits per heavy atom. The largest absolute Gasteiger partial charge is 0.392 e. The highest BCUT2D eigenvalue weighted by molar-refractivity contribution is 14.0. The topological polar surface area (TPSA) is 56.7 Å². The van der Waals surface area contributed by atoms with Crippen LogP contribution in [0.3, 0.4) is 0 Å². The fourth-order valence-electron chi connectivity index (χ4n) is 1.65. The summed E-state index contributed by atoms with van der Waals surface area (Å²) in [5.74, 6) is 0.347. The van der Waals surface area contributed by atoms with Crippen LogP contribution in [0.2, 0.25) is 0 Å². The second-order valence-electron chi connectivity index (χ2n) is 4.29. The van der Waals surface area contributed by atoms with E-state index < -0.39 is 0 Å². The Hall–Kier alpha value is -0.890. The molecule has 0 unspecified atom stereocenters. The molecule has 1 aromatic rings. The van der Waals surface area contributed by atoms with E-state index in [0.717, 1.165) is 30.9 Å². The van der Waals surface area contributed by atoms with E-state index in [1.165, 1.54) is 6.07 Å². The molecule has 0 heterocycles. The van der Waals surface area contributed by atoms with Gasteiger partial charge in [0.15, 0.2) is 5.96 Å². The van der Waals surface area contributed by atoms with E-state index in [1.54, 1.807) is 19.2 Å². The molecule has 3 N–H and O–H groups in total. The Kier molecular flexibility index (Phi) is 10.4. The first-order chi connectivity index (χ1) is 9.21. The van der Waals surface area contributed by atoms with Gasteiger partial charge in [0.05, 0.1) is 6.61 Å². The van der Waals surface area contributed by atoms with Crippen molar-refractivity contribution in [2.45, 2.75) is 32.9 Å².